The quantitative estimate of drug-likeness (QED) is 0.612. The van der Waals surface area contributed by atoms with Crippen LogP contribution in [0, 0.1) is 0 Å². The average molecular weight is 275 g/mol. The summed E-state index contributed by atoms with van der Waals surface area (Å²) in [6.45, 7) is 6.82. The Labute approximate surface area is 121 Å². The van der Waals surface area contributed by atoms with Crippen molar-refractivity contribution in [2.24, 2.45) is 0 Å². The molecule has 20 heavy (non-hydrogen) atoms. The maximum absolute atomic E-state index is 5.20. The van der Waals surface area contributed by atoms with Gasteiger partial charge in [-0.05, 0) is 31.0 Å². The van der Waals surface area contributed by atoms with Crippen molar-refractivity contribution in [3.63, 3.8) is 0 Å². The van der Waals surface area contributed by atoms with Crippen LogP contribution in [0.15, 0.2) is 30.0 Å². The molecule has 0 radical (unpaired) electrons. The molecule has 0 bridgehead atoms. The maximum atomic E-state index is 5.20. The summed E-state index contributed by atoms with van der Waals surface area (Å²) in [5.41, 5.74) is 2.68. The predicted molar refractivity (Wildman–Crippen MR) is 83.0 cm³/mol. The summed E-state index contributed by atoms with van der Waals surface area (Å²) < 4.78 is 5.20. The fourth-order valence-electron chi connectivity index (χ4n) is 2.47. The topological polar surface area (TPSA) is 37.4 Å². The van der Waals surface area contributed by atoms with Crippen molar-refractivity contribution in [2.45, 2.75) is 26.3 Å². The first-order valence-corrected chi connectivity index (χ1v) is 7.41. The van der Waals surface area contributed by atoms with Crippen LogP contribution in [0.5, 0.6) is 0 Å². The number of aromatic nitrogens is 1. The first-order valence-electron chi connectivity index (χ1n) is 7.41. The normalized spacial score (nSPS) is 15.3. The van der Waals surface area contributed by atoms with Crippen molar-refractivity contribution in [2.75, 3.05) is 38.3 Å². The minimum absolute atomic E-state index is 0.751. The average Bonchev–Trinajstić information content (AvgIpc) is 2.49. The Morgan fingerprint density at radius 2 is 2.35 bits per heavy atom. The van der Waals surface area contributed by atoms with Gasteiger partial charge in [0.05, 0.1) is 6.61 Å². The van der Waals surface area contributed by atoms with E-state index >= 15 is 0 Å². The van der Waals surface area contributed by atoms with Crippen molar-refractivity contribution in [3.8, 4) is 0 Å². The summed E-state index contributed by atoms with van der Waals surface area (Å²) in [5, 5.41) is 3.46. The number of methoxy groups -OCH3 is 1. The molecule has 110 valence electrons. The van der Waals surface area contributed by atoms with E-state index in [-0.39, 0.29) is 0 Å². The molecule has 2 heterocycles. The van der Waals surface area contributed by atoms with Crippen LogP contribution in [0.4, 0.5) is 5.82 Å². The van der Waals surface area contributed by atoms with E-state index in [9.17, 15) is 0 Å². The summed E-state index contributed by atoms with van der Waals surface area (Å²) in [7, 11) is 1.75. The number of hydrogen-bond donors (Lipinski definition) is 1. The number of nitrogens with zero attached hydrogens (tertiary/aromatic N) is 2. The van der Waals surface area contributed by atoms with E-state index in [0.717, 1.165) is 51.4 Å². The van der Waals surface area contributed by atoms with Gasteiger partial charge in [-0.15, -0.1) is 0 Å². The van der Waals surface area contributed by atoms with Gasteiger partial charge in [-0.2, -0.15) is 0 Å². The highest BCUT2D eigenvalue weighted by atomic mass is 16.5. The van der Waals surface area contributed by atoms with E-state index in [1.54, 1.807) is 7.11 Å². The third-order valence-electron chi connectivity index (χ3n) is 3.54. The second-order valence-electron chi connectivity index (χ2n) is 5.15. The molecule has 0 amide bonds. The molecule has 2 rings (SSSR count). The summed E-state index contributed by atoms with van der Waals surface area (Å²) in [4.78, 5) is 6.93. The van der Waals surface area contributed by atoms with Crippen LogP contribution >= 0.6 is 0 Å². The standard InChI is InChI=1S/C16H25N3O/c1-3-8-17-12-15-5-4-9-18-16(15)19-10-6-14(7-11-19)13-20-2/h4-6,9,17H,3,7-8,10-13H2,1-2H3. The lowest BCUT2D eigenvalue weighted by atomic mass is 10.1. The molecule has 0 aromatic carbocycles. The number of anilines is 1. The molecule has 1 N–H and O–H groups in total. The molecule has 0 spiro atoms. The Bertz CT molecular complexity index is 445. The van der Waals surface area contributed by atoms with Crippen LogP contribution in [0.25, 0.3) is 0 Å². The SMILES string of the molecule is CCCNCc1cccnc1N1CC=C(COC)CC1. The number of rotatable bonds is 7. The Kier molecular flexibility index (Phi) is 6.02. The van der Waals surface area contributed by atoms with Gasteiger partial charge in [-0.25, -0.2) is 4.98 Å². The molecular formula is C16H25N3O. The molecular weight excluding hydrogens is 250 g/mol. The van der Waals surface area contributed by atoms with Gasteiger partial charge in [-0.3, -0.25) is 0 Å². The lowest BCUT2D eigenvalue weighted by molar-refractivity contribution is 0.222. The first kappa shape index (κ1) is 15.0. The lowest BCUT2D eigenvalue weighted by Gasteiger charge is -2.29. The van der Waals surface area contributed by atoms with Crippen molar-refractivity contribution in [1.82, 2.24) is 10.3 Å². The molecule has 1 aromatic heterocycles. The van der Waals surface area contributed by atoms with Crippen molar-refractivity contribution in [1.29, 1.82) is 0 Å². The molecule has 1 aliphatic rings. The molecule has 4 nitrogen and oxygen atoms in total. The van der Waals surface area contributed by atoms with Crippen LogP contribution in [-0.2, 0) is 11.3 Å². The van der Waals surface area contributed by atoms with Gasteiger partial charge in [-0.1, -0.05) is 19.1 Å². The van der Waals surface area contributed by atoms with Gasteiger partial charge in [0.2, 0.25) is 0 Å². The molecule has 1 aromatic rings. The van der Waals surface area contributed by atoms with E-state index in [0.29, 0.717) is 0 Å². The number of ether oxygens (including phenoxy) is 1. The Balaban J connectivity index is 2.02. The Hall–Kier alpha value is -1.39. The molecule has 4 heteroatoms. The Morgan fingerprint density at radius 3 is 3.05 bits per heavy atom. The molecule has 1 aliphatic heterocycles. The summed E-state index contributed by atoms with van der Waals surface area (Å²) in [6, 6.07) is 4.18. The minimum Gasteiger partial charge on any atom is -0.380 e. The first-order chi connectivity index (χ1) is 9.85. The zero-order valence-corrected chi connectivity index (χ0v) is 12.6. The van der Waals surface area contributed by atoms with Crippen LogP contribution in [0.2, 0.25) is 0 Å². The predicted octanol–water partition coefficient (Wildman–Crippen LogP) is 2.36. The van der Waals surface area contributed by atoms with Crippen LogP contribution in [0.1, 0.15) is 25.3 Å². The fraction of sp³-hybridized carbons (Fsp3) is 0.562. The molecule has 0 atom stereocenters. The molecule has 0 aliphatic carbocycles. The molecule has 0 saturated heterocycles. The van der Waals surface area contributed by atoms with Crippen molar-refractivity contribution < 1.29 is 4.74 Å². The van der Waals surface area contributed by atoms with Crippen LogP contribution in [-0.4, -0.2) is 38.3 Å². The van der Waals surface area contributed by atoms with E-state index in [1.165, 1.54) is 11.1 Å². The monoisotopic (exact) mass is 275 g/mol. The zero-order valence-electron chi connectivity index (χ0n) is 12.6. The largest absolute Gasteiger partial charge is 0.380 e. The number of hydrogen-bond acceptors (Lipinski definition) is 4. The van der Waals surface area contributed by atoms with Crippen molar-refractivity contribution >= 4 is 5.82 Å². The second kappa shape index (κ2) is 8.02. The smallest absolute Gasteiger partial charge is 0.133 e. The number of nitrogens with one attached hydrogen (secondary N) is 1. The molecule has 0 saturated carbocycles. The second-order valence-corrected chi connectivity index (χ2v) is 5.15. The van der Waals surface area contributed by atoms with Crippen LogP contribution in [0.3, 0.4) is 0 Å². The van der Waals surface area contributed by atoms with Gasteiger partial charge in [0.15, 0.2) is 0 Å². The summed E-state index contributed by atoms with van der Waals surface area (Å²) >= 11 is 0. The molecule has 0 unspecified atom stereocenters. The van der Waals surface area contributed by atoms with Crippen LogP contribution < -0.4 is 10.2 Å². The highest BCUT2D eigenvalue weighted by molar-refractivity contribution is 5.48. The lowest BCUT2D eigenvalue weighted by Crippen LogP contribution is -2.31. The van der Waals surface area contributed by atoms with Gasteiger partial charge >= 0.3 is 0 Å². The minimum atomic E-state index is 0.751. The highest BCUT2D eigenvalue weighted by Gasteiger charge is 2.15. The van der Waals surface area contributed by atoms with Crippen molar-refractivity contribution in [3.05, 3.63) is 35.5 Å². The molecule has 0 fully saturated rings. The summed E-state index contributed by atoms with van der Waals surface area (Å²) in [6.07, 6.45) is 6.37. The van der Waals surface area contributed by atoms with Gasteiger partial charge < -0.3 is 15.0 Å². The zero-order chi connectivity index (χ0) is 14.2. The fourth-order valence-corrected chi connectivity index (χ4v) is 2.47. The van der Waals surface area contributed by atoms with E-state index in [1.807, 2.05) is 12.3 Å². The Morgan fingerprint density at radius 1 is 1.45 bits per heavy atom. The van der Waals surface area contributed by atoms with E-state index in [4.69, 9.17) is 4.74 Å². The highest BCUT2D eigenvalue weighted by Crippen LogP contribution is 2.21. The van der Waals surface area contributed by atoms with Gasteiger partial charge in [0.1, 0.15) is 5.82 Å². The number of pyridine rings is 1. The summed E-state index contributed by atoms with van der Waals surface area (Å²) in [5.74, 6) is 1.11. The maximum Gasteiger partial charge on any atom is 0.133 e. The third-order valence-corrected chi connectivity index (χ3v) is 3.54. The van der Waals surface area contributed by atoms with Gasteiger partial charge in [0, 0.05) is 38.5 Å². The van der Waals surface area contributed by atoms with Gasteiger partial charge in [0.25, 0.3) is 0 Å². The third kappa shape index (κ3) is 4.05. The van der Waals surface area contributed by atoms with E-state index < -0.39 is 0 Å². The van der Waals surface area contributed by atoms with E-state index in [2.05, 4.69) is 34.3 Å².